The molecule has 1 N–H and O–H groups in total. The fraction of sp³-hybridized carbons (Fsp3) is 0.346. The molecule has 0 aliphatic carbocycles. The molecule has 1 fully saturated rings. The maximum atomic E-state index is 14.0. The minimum atomic E-state index is -0.316. The Morgan fingerprint density at radius 2 is 2.03 bits per heavy atom. The Morgan fingerprint density at radius 1 is 1.21 bits per heavy atom. The van der Waals surface area contributed by atoms with E-state index in [-0.39, 0.29) is 5.82 Å². The number of anilines is 1. The molecule has 0 radical (unpaired) electrons. The Morgan fingerprint density at radius 3 is 2.82 bits per heavy atom. The lowest BCUT2D eigenvalue weighted by Gasteiger charge is -2.41. The third kappa shape index (κ3) is 4.48. The lowest BCUT2D eigenvalue weighted by molar-refractivity contribution is 0.128. The maximum absolute atomic E-state index is 14.0. The number of hydrogen-bond acceptors (Lipinski definition) is 6. The first kappa shape index (κ1) is 21.9. The lowest BCUT2D eigenvalue weighted by atomic mass is 10.0. The molecule has 172 valence electrons. The van der Waals surface area contributed by atoms with Crippen LogP contribution in [0.25, 0.3) is 11.9 Å². The van der Waals surface area contributed by atoms with Crippen molar-refractivity contribution in [3.63, 3.8) is 0 Å². The number of piperazine rings is 1. The Bertz CT molecular complexity index is 1270. The van der Waals surface area contributed by atoms with Gasteiger partial charge in [0.1, 0.15) is 16.6 Å². The van der Waals surface area contributed by atoms with Crippen LogP contribution in [0.5, 0.6) is 5.75 Å². The fourth-order valence-corrected chi connectivity index (χ4v) is 5.62. The molecule has 1 atom stereocenters. The Labute approximate surface area is 197 Å². The van der Waals surface area contributed by atoms with Gasteiger partial charge < -0.3 is 15.0 Å². The minimum absolute atomic E-state index is 0.316. The first-order valence-corrected chi connectivity index (χ1v) is 12.1. The van der Waals surface area contributed by atoms with E-state index in [0.717, 1.165) is 65.1 Å². The largest absolute Gasteiger partial charge is 0.497 e. The van der Waals surface area contributed by atoms with Crippen molar-refractivity contribution in [3.05, 3.63) is 75.0 Å². The minimum Gasteiger partial charge on any atom is -0.497 e. The average Bonchev–Trinajstić information content (AvgIpc) is 3.12. The second kappa shape index (κ2) is 9.15. The van der Waals surface area contributed by atoms with E-state index in [1.54, 1.807) is 24.5 Å². The highest BCUT2D eigenvalue weighted by atomic mass is 32.1. The van der Waals surface area contributed by atoms with Crippen molar-refractivity contribution in [2.75, 3.05) is 39.1 Å². The SMILES string of the molecule is COc1ccc(CCC2CN(C3=c4ncc(F)cc4=CNc4sc(C)cc43)CCN2C)cc1. The molecule has 2 aliphatic heterocycles. The molecule has 0 saturated carbocycles. The van der Waals surface area contributed by atoms with Crippen LogP contribution in [-0.2, 0) is 6.42 Å². The van der Waals surface area contributed by atoms with E-state index in [1.165, 1.54) is 16.6 Å². The number of fused-ring (bicyclic) bond motifs is 2. The first-order chi connectivity index (χ1) is 16.0. The predicted octanol–water partition coefficient (Wildman–Crippen LogP) is 3.17. The molecular weight excluding hydrogens is 435 g/mol. The van der Waals surface area contributed by atoms with Crippen LogP contribution in [0.4, 0.5) is 9.39 Å². The average molecular weight is 465 g/mol. The molecule has 2 aromatic heterocycles. The molecule has 2 aliphatic rings. The van der Waals surface area contributed by atoms with E-state index < -0.39 is 0 Å². The normalized spacial score (nSPS) is 18.1. The zero-order valence-corrected chi connectivity index (χ0v) is 20.1. The molecule has 33 heavy (non-hydrogen) atoms. The number of rotatable bonds is 5. The highest BCUT2D eigenvalue weighted by molar-refractivity contribution is 7.16. The van der Waals surface area contributed by atoms with Crippen molar-refractivity contribution in [1.29, 1.82) is 0 Å². The molecule has 0 bridgehead atoms. The second-order valence-electron chi connectivity index (χ2n) is 8.80. The van der Waals surface area contributed by atoms with Gasteiger partial charge in [-0.05, 0) is 56.6 Å². The van der Waals surface area contributed by atoms with Gasteiger partial charge >= 0.3 is 0 Å². The summed E-state index contributed by atoms with van der Waals surface area (Å²) in [6.45, 7) is 4.93. The smallest absolute Gasteiger partial charge is 0.142 e. The number of pyridine rings is 1. The molecular formula is C26H29FN4OS. The molecule has 4 heterocycles. The number of hydrogen-bond donors (Lipinski definition) is 1. The van der Waals surface area contributed by atoms with Crippen LogP contribution in [0.2, 0.25) is 0 Å². The summed E-state index contributed by atoms with van der Waals surface area (Å²) in [6, 6.07) is 12.6. The molecule has 1 aromatic carbocycles. The third-order valence-corrected chi connectivity index (χ3v) is 7.58. The number of methoxy groups -OCH3 is 1. The van der Waals surface area contributed by atoms with Gasteiger partial charge in [0.25, 0.3) is 0 Å². The van der Waals surface area contributed by atoms with Crippen molar-refractivity contribution in [2.24, 2.45) is 0 Å². The molecule has 7 heteroatoms. The van der Waals surface area contributed by atoms with Crippen LogP contribution >= 0.6 is 11.3 Å². The van der Waals surface area contributed by atoms with E-state index in [9.17, 15) is 4.39 Å². The Balaban J connectivity index is 1.46. The van der Waals surface area contributed by atoms with Crippen LogP contribution in [0.3, 0.4) is 0 Å². The van der Waals surface area contributed by atoms with Gasteiger partial charge in [-0.1, -0.05) is 12.1 Å². The van der Waals surface area contributed by atoms with Crippen LogP contribution in [0.15, 0.2) is 42.6 Å². The number of thiophene rings is 1. The quantitative estimate of drug-likeness (QED) is 0.628. The van der Waals surface area contributed by atoms with Crippen LogP contribution in [0, 0.1) is 12.7 Å². The van der Waals surface area contributed by atoms with E-state index in [1.807, 2.05) is 18.3 Å². The summed E-state index contributed by atoms with van der Waals surface area (Å²) < 4.78 is 19.3. The standard InChI is InChI=1S/C26H29FN4OS/c1-17-12-23-25(24-19(13-20(27)15-28-24)14-29-26(23)33-17)31-11-10-30(2)21(16-31)7-4-18-5-8-22(32-3)9-6-18/h5-6,8-9,12-15,21,29H,4,7,10-11,16H2,1-3H3. The second-order valence-corrected chi connectivity index (χ2v) is 10.1. The van der Waals surface area contributed by atoms with Crippen molar-refractivity contribution < 1.29 is 9.13 Å². The summed E-state index contributed by atoms with van der Waals surface area (Å²) in [4.78, 5) is 10.7. The molecule has 0 amide bonds. The molecule has 0 spiro atoms. The number of benzene rings is 1. The van der Waals surface area contributed by atoms with Gasteiger partial charge in [-0.15, -0.1) is 11.3 Å². The van der Waals surface area contributed by atoms with Gasteiger partial charge in [0, 0.05) is 47.5 Å². The summed E-state index contributed by atoms with van der Waals surface area (Å²) in [6.07, 6.45) is 5.29. The van der Waals surface area contributed by atoms with E-state index in [2.05, 4.69) is 52.3 Å². The van der Waals surface area contributed by atoms with E-state index in [0.29, 0.717) is 6.04 Å². The van der Waals surface area contributed by atoms with Crippen LogP contribution in [0.1, 0.15) is 22.4 Å². The molecule has 5 rings (SSSR count). The number of aryl methyl sites for hydroxylation is 2. The van der Waals surface area contributed by atoms with Gasteiger partial charge in [0.2, 0.25) is 0 Å². The lowest BCUT2D eigenvalue weighted by Crippen LogP contribution is -2.52. The van der Waals surface area contributed by atoms with Gasteiger partial charge in [0.15, 0.2) is 0 Å². The Kier molecular flexibility index (Phi) is 6.08. The van der Waals surface area contributed by atoms with Crippen molar-refractivity contribution in [2.45, 2.75) is 25.8 Å². The number of halogens is 1. The fourth-order valence-electron chi connectivity index (χ4n) is 4.74. The predicted molar refractivity (Wildman–Crippen MR) is 132 cm³/mol. The topological polar surface area (TPSA) is 40.6 Å². The highest BCUT2D eigenvalue weighted by Crippen LogP contribution is 2.35. The summed E-state index contributed by atoms with van der Waals surface area (Å²) in [5.41, 5.74) is 3.58. The zero-order valence-electron chi connectivity index (χ0n) is 19.3. The van der Waals surface area contributed by atoms with Crippen LogP contribution < -0.4 is 20.6 Å². The van der Waals surface area contributed by atoms with Gasteiger partial charge in [-0.2, -0.15) is 0 Å². The zero-order chi connectivity index (χ0) is 22.9. The third-order valence-electron chi connectivity index (χ3n) is 6.60. The monoisotopic (exact) mass is 464 g/mol. The van der Waals surface area contributed by atoms with Gasteiger partial charge in [-0.25, -0.2) is 4.39 Å². The number of aromatic nitrogens is 1. The van der Waals surface area contributed by atoms with E-state index in [4.69, 9.17) is 4.74 Å². The van der Waals surface area contributed by atoms with E-state index >= 15 is 0 Å². The van der Waals surface area contributed by atoms with Crippen LogP contribution in [-0.4, -0.2) is 54.6 Å². The summed E-state index contributed by atoms with van der Waals surface area (Å²) in [7, 11) is 3.91. The van der Waals surface area contributed by atoms with Gasteiger partial charge in [-0.3, -0.25) is 9.88 Å². The number of nitrogens with one attached hydrogen (secondary N) is 1. The highest BCUT2D eigenvalue weighted by Gasteiger charge is 2.29. The summed E-state index contributed by atoms with van der Waals surface area (Å²) in [5, 5.41) is 6.12. The Hall–Kier alpha value is -2.90. The van der Waals surface area contributed by atoms with Gasteiger partial charge in [0.05, 0.1) is 24.4 Å². The maximum Gasteiger partial charge on any atom is 0.142 e. The molecule has 1 unspecified atom stereocenters. The number of likely N-dealkylation sites (N-methyl/N-ethyl adjacent to an activating group) is 1. The van der Waals surface area contributed by atoms with Crippen molar-refractivity contribution in [1.82, 2.24) is 14.8 Å². The first-order valence-electron chi connectivity index (χ1n) is 11.3. The molecule has 3 aromatic rings. The number of nitrogens with zero attached hydrogens (tertiary/aromatic N) is 3. The number of ether oxygens (including phenoxy) is 1. The summed E-state index contributed by atoms with van der Waals surface area (Å²) >= 11 is 1.73. The molecule has 1 saturated heterocycles. The molecule has 5 nitrogen and oxygen atoms in total. The summed E-state index contributed by atoms with van der Waals surface area (Å²) in [5.74, 6) is 0.572. The van der Waals surface area contributed by atoms with Crippen molar-refractivity contribution in [3.8, 4) is 5.75 Å². The van der Waals surface area contributed by atoms with Crippen molar-refractivity contribution >= 4 is 28.2 Å².